The zero-order chi connectivity index (χ0) is 9.80. The van der Waals surface area contributed by atoms with E-state index in [-0.39, 0.29) is 0 Å². The quantitative estimate of drug-likeness (QED) is 0.766. The Morgan fingerprint density at radius 3 is 3.14 bits per heavy atom. The van der Waals surface area contributed by atoms with Gasteiger partial charge in [0, 0.05) is 0 Å². The summed E-state index contributed by atoms with van der Waals surface area (Å²) in [4.78, 5) is 0. The van der Waals surface area contributed by atoms with Crippen molar-refractivity contribution in [2.45, 2.75) is 19.3 Å². The van der Waals surface area contributed by atoms with Crippen LogP contribution in [0.15, 0.2) is 24.3 Å². The van der Waals surface area contributed by atoms with E-state index in [2.05, 4.69) is 35.7 Å². The fraction of sp³-hybridized carbons (Fsp3) is 0.385. The van der Waals surface area contributed by atoms with Gasteiger partial charge in [-0.25, -0.2) is 0 Å². The molecule has 0 aliphatic heterocycles. The SMILES string of the molecule is CNCCc1ccc2c(c1)CCC=C2. The van der Waals surface area contributed by atoms with Gasteiger partial charge in [-0.15, -0.1) is 0 Å². The van der Waals surface area contributed by atoms with Crippen molar-refractivity contribution < 1.29 is 0 Å². The first-order chi connectivity index (χ1) is 6.90. The van der Waals surface area contributed by atoms with E-state index >= 15 is 0 Å². The smallest absolute Gasteiger partial charge is 0.00114 e. The maximum absolute atomic E-state index is 3.18. The Hall–Kier alpha value is -1.08. The highest BCUT2D eigenvalue weighted by atomic mass is 14.8. The summed E-state index contributed by atoms with van der Waals surface area (Å²) < 4.78 is 0. The molecule has 1 aromatic carbocycles. The van der Waals surface area contributed by atoms with E-state index in [1.807, 2.05) is 7.05 Å². The molecular formula is C13H17N. The summed E-state index contributed by atoms with van der Waals surface area (Å²) in [6, 6.07) is 6.85. The number of rotatable bonds is 3. The largest absolute Gasteiger partial charge is 0.319 e. The minimum Gasteiger partial charge on any atom is -0.319 e. The van der Waals surface area contributed by atoms with Crippen molar-refractivity contribution in [3.63, 3.8) is 0 Å². The van der Waals surface area contributed by atoms with E-state index in [4.69, 9.17) is 0 Å². The monoisotopic (exact) mass is 187 g/mol. The third-order valence-electron chi connectivity index (χ3n) is 2.75. The summed E-state index contributed by atoms with van der Waals surface area (Å²) in [5.74, 6) is 0. The molecule has 1 N–H and O–H groups in total. The number of hydrogen-bond acceptors (Lipinski definition) is 1. The second-order valence-corrected chi connectivity index (χ2v) is 3.83. The van der Waals surface area contributed by atoms with Crippen LogP contribution in [-0.2, 0) is 12.8 Å². The van der Waals surface area contributed by atoms with Gasteiger partial charge >= 0.3 is 0 Å². The Morgan fingerprint density at radius 1 is 1.36 bits per heavy atom. The lowest BCUT2D eigenvalue weighted by atomic mass is 9.95. The first-order valence-corrected chi connectivity index (χ1v) is 5.33. The molecule has 1 heteroatoms. The average Bonchev–Trinajstić information content (AvgIpc) is 2.26. The summed E-state index contributed by atoms with van der Waals surface area (Å²) in [5.41, 5.74) is 4.37. The zero-order valence-electron chi connectivity index (χ0n) is 8.72. The molecule has 0 bridgehead atoms. The lowest BCUT2D eigenvalue weighted by Crippen LogP contribution is -2.10. The van der Waals surface area contributed by atoms with Crippen LogP contribution < -0.4 is 5.32 Å². The minimum absolute atomic E-state index is 1.06. The number of allylic oxidation sites excluding steroid dienone is 1. The van der Waals surface area contributed by atoms with E-state index < -0.39 is 0 Å². The Kier molecular flexibility index (Phi) is 3.00. The molecule has 1 aliphatic carbocycles. The molecule has 0 heterocycles. The normalized spacial score (nSPS) is 14.1. The molecule has 14 heavy (non-hydrogen) atoms. The van der Waals surface area contributed by atoms with Crippen molar-refractivity contribution in [1.29, 1.82) is 0 Å². The molecule has 1 nitrogen and oxygen atoms in total. The second kappa shape index (κ2) is 4.43. The van der Waals surface area contributed by atoms with E-state index in [9.17, 15) is 0 Å². The first kappa shape index (κ1) is 9.47. The van der Waals surface area contributed by atoms with E-state index in [1.165, 1.54) is 29.5 Å². The van der Waals surface area contributed by atoms with Gasteiger partial charge < -0.3 is 5.32 Å². The van der Waals surface area contributed by atoms with Gasteiger partial charge in [0.1, 0.15) is 0 Å². The molecule has 74 valence electrons. The average molecular weight is 187 g/mol. The maximum atomic E-state index is 3.18. The van der Waals surface area contributed by atoms with Crippen molar-refractivity contribution in [1.82, 2.24) is 5.32 Å². The van der Waals surface area contributed by atoms with Crippen molar-refractivity contribution in [3.05, 3.63) is 41.0 Å². The van der Waals surface area contributed by atoms with Gasteiger partial charge in [0.25, 0.3) is 0 Å². The first-order valence-electron chi connectivity index (χ1n) is 5.33. The van der Waals surface area contributed by atoms with Crippen LogP contribution in [0.1, 0.15) is 23.1 Å². The fourth-order valence-electron chi connectivity index (χ4n) is 1.91. The molecular weight excluding hydrogens is 170 g/mol. The third-order valence-corrected chi connectivity index (χ3v) is 2.75. The van der Waals surface area contributed by atoms with Crippen LogP contribution in [-0.4, -0.2) is 13.6 Å². The lowest BCUT2D eigenvalue weighted by molar-refractivity contribution is 0.790. The molecule has 1 aromatic rings. The highest BCUT2D eigenvalue weighted by Gasteiger charge is 2.04. The Morgan fingerprint density at radius 2 is 2.29 bits per heavy atom. The van der Waals surface area contributed by atoms with Gasteiger partial charge in [-0.1, -0.05) is 30.4 Å². The van der Waals surface area contributed by atoms with Crippen LogP contribution in [0.5, 0.6) is 0 Å². The molecule has 0 saturated heterocycles. The highest BCUT2D eigenvalue weighted by molar-refractivity contribution is 5.56. The van der Waals surface area contributed by atoms with Crippen molar-refractivity contribution >= 4 is 6.08 Å². The molecule has 0 fully saturated rings. The van der Waals surface area contributed by atoms with Crippen molar-refractivity contribution in [2.24, 2.45) is 0 Å². The fourth-order valence-corrected chi connectivity index (χ4v) is 1.91. The molecule has 2 rings (SSSR count). The van der Waals surface area contributed by atoms with E-state index in [0.717, 1.165) is 13.0 Å². The van der Waals surface area contributed by atoms with Crippen LogP contribution in [0.4, 0.5) is 0 Å². The van der Waals surface area contributed by atoms with Gasteiger partial charge in [-0.3, -0.25) is 0 Å². The summed E-state index contributed by atoms with van der Waals surface area (Å²) in [5, 5.41) is 3.18. The maximum Gasteiger partial charge on any atom is -0.00114 e. The van der Waals surface area contributed by atoms with Crippen LogP contribution in [0, 0.1) is 0 Å². The van der Waals surface area contributed by atoms with Gasteiger partial charge in [0.05, 0.1) is 0 Å². The van der Waals surface area contributed by atoms with Crippen LogP contribution >= 0.6 is 0 Å². The summed E-state index contributed by atoms with van der Waals surface area (Å²) in [6.45, 7) is 1.06. The third kappa shape index (κ3) is 2.05. The predicted molar refractivity (Wildman–Crippen MR) is 61.4 cm³/mol. The summed E-state index contributed by atoms with van der Waals surface area (Å²) >= 11 is 0. The lowest BCUT2D eigenvalue weighted by Gasteiger charge is -2.11. The van der Waals surface area contributed by atoms with Crippen molar-refractivity contribution in [2.75, 3.05) is 13.6 Å². The molecule has 1 aliphatic rings. The molecule has 0 spiro atoms. The summed E-state index contributed by atoms with van der Waals surface area (Å²) in [6.07, 6.45) is 8.03. The minimum atomic E-state index is 1.06. The van der Waals surface area contributed by atoms with Gasteiger partial charge in [0.15, 0.2) is 0 Å². The van der Waals surface area contributed by atoms with Crippen LogP contribution in [0.3, 0.4) is 0 Å². The Balaban J connectivity index is 2.17. The molecule has 0 saturated carbocycles. The van der Waals surface area contributed by atoms with Crippen LogP contribution in [0.25, 0.3) is 6.08 Å². The van der Waals surface area contributed by atoms with Crippen LogP contribution in [0.2, 0.25) is 0 Å². The molecule has 0 atom stereocenters. The Bertz CT molecular complexity index is 339. The molecule has 0 unspecified atom stereocenters. The number of hydrogen-bond donors (Lipinski definition) is 1. The highest BCUT2D eigenvalue weighted by Crippen LogP contribution is 2.20. The summed E-state index contributed by atoms with van der Waals surface area (Å²) in [7, 11) is 2.00. The molecule has 0 amide bonds. The topological polar surface area (TPSA) is 12.0 Å². The Labute approximate surface area is 85.8 Å². The van der Waals surface area contributed by atoms with E-state index in [1.54, 1.807) is 0 Å². The number of likely N-dealkylation sites (N-methyl/N-ethyl adjacent to an activating group) is 1. The van der Waals surface area contributed by atoms with Gasteiger partial charge in [0.2, 0.25) is 0 Å². The zero-order valence-corrected chi connectivity index (χ0v) is 8.72. The molecule has 0 radical (unpaired) electrons. The second-order valence-electron chi connectivity index (χ2n) is 3.83. The number of aryl methyl sites for hydroxylation is 1. The number of nitrogens with one attached hydrogen (secondary N) is 1. The predicted octanol–water partition coefficient (Wildman–Crippen LogP) is 2.41. The van der Waals surface area contributed by atoms with Crippen molar-refractivity contribution in [3.8, 4) is 0 Å². The van der Waals surface area contributed by atoms with Gasteiger partial charge in [-0.2, -0.15) is 0 Å². The number of benzene rings is 1. The molecule has 0 aromatic heterocycles. The van der Waals surface area contributed by atoms with E-state index in [0.29, 0.717) is 0 Å². The van der Waals surface area contributed by atoms with Gasteiger partial charge in [-0.05, 0) is 49.5 Å². The number of fused-ring (bicyclic) bond motifs is 1. The standard InChI is InChI=1S/C13H17N/c1-14-9-8-11-6-7-12-4-2-3-5-13(12)10-11/h2,4,6-7,10,14H,3,5,8-9H2,1H3.